The summed E-state index contributed by atoms with van der Waals surface area (Å²) in [7, 11) is 1.86. The predicted octanol–water partition coefficient (Wildman–Crippen LogP) is 3.98. The van der Waals surface area contributed by atoms with Crippen LogP contribution in [0.4, 0.5) is 0 Å². The lowest BCUT2D eigenvalue weighted by molar-refractivity contribution is -0.234. The van der Waals surface area contributed by atoms with Gasteiger partial charge in [-0.15, -0.1) is 0 Å². The van der Waals surface area contributed by atoms with Gasteiger partial charge in [0.25, 0.3) is 0 Å². The van der Waals surface area contributed by atoms with E-state index in [1.165, 1.54) is 0 Å². The van der Waals surface area contributed by atoms with Crippen molar-refractivity contribution < 1.29 is 24.2 Å². The van der Waals surface area contributed by atoms with Gasteiger partial charge in [-0.2, -0.15) is 5.06 Å². The molecule has 0 unspecified atom stereocenters. The SMILES string of the molecule is CN1OC[C@H]2[C@H](OCc3ccccc3)[C@@H](OCc3ccccc3)[C@H](OCc3ccccc3)[C@@H](O)[C@@H]21. The van der Waals surface area contributed by atoms with Gasteiger partial charge in [0.1, 0.15) is 18.3 Å². The Morgan fingerprint density at radius 3 is 1.60 bits per heavy atom. The summed E-state index contributed by atoms with van der Waals surface area (Å²) in [5.41, 5.74) is 3.19. The van der Waals surface area contributed by atoms with Crippen LogP contribution in [-0.2, 0) is 38.9 Å². The van der Waals surface area contributed by atoms with E-state index in [4.69, 9.17) is 19.0 Å². The van der Waals surface area contributed by atoms with Crippen molar-refractivity contribution in [1.82, 2.24) is 5.06 Å². The van der Waals surface area contributed by atoms with E-state index in [0.717, 1.165) is 16.7 Å². The zero-order valence-electron chi connectivity index (χ0n) is 20.0. The molecule has 0 spiro atoms. The highest BCUT2D eigenvalue weighted by Gasteiger charge is 2.56. The fraction of sp³-hybridized carbons (Fsp3) is 0.379. The molecule has 1 aliphatic heterocycles. The maximum atomic E-state index is 11.5. The third-order valence-corrected chi connectivity index (χ3v) is 6.94. The molecule has 2 aliphatic rings. The van der Waals surface area contributed by atoms with Gasteiger partial charge in [-0.3, -0.25) is 4.84 Å². The summed E-state index contributed by atoms with van der Waals surface area (Å²) in [6.45, 7) is 1.70. The van der Waals surface area contributed by atoms with Gasteiger partial charge in [0.15, 0.2) is 0 Å². The van der Waals surface area contributed by atoms with Crippen LogP contribution >= 0.6 is 0 Å². The molecule has 3 aromatic carbocycles. The number of rotatable bonds is 9. The van der Waals surface area contributed by atoms with E-state index in [1.54, 1.807) is 5.06 Å². The highest BCUT2D eigenvalue weighted by Crippen LogP contribution is 2.39. The van der Waals surface area contributed by atoms with Crippen LogP contribution in [0.3, 0.4) is 0 Å². The first-order valence-corrected chi connectivity index (χ1v) is 12.2. The molecular formula is C29H33NO5. The molecule has 1 aliphatic carbocycles. The second-order valence-corrected chi connectivity index (χ2v) is 9.27. The molecule has 6 atom stereocenters. The van der Waals surface area contributed by atoms with E-state index in [9.17, 15) is 5.11 Å². The first-order chi connectivity index (χ1) is 17.2. The van der Waals surface area contributed by atoms with Crippen molar-refractivity contribution in [3.8, 4) is 0 Å². The smallest absolute Gasteiger partial charge is 0.114 e. The highest BCUT2D eigenvalue weighted by molar-refractivity contribution is 5.16. The van der Waals surface area contributed by atoms with Crippen LogP contribution < -0.4 is 0 Å². The van der Waals surface area contributed by atoms with Crippen LogP contribution in [0.15, 0.2) is 91.0 Å². The van der Waals surface area contributed by atoms with Gasteiger partial charge in [0, 0.05) is 13.0 Å². The molecule has 1 saturated heterocycles. The van der Waals surface area contributed by atoms with Gasteiger partial charge in [-0.25, -0.2) is 0 Å². The van der Waals surface area contributed by atoms with Gasteiger partial charge in [-0.1, -0.05) is 91.0 Å². The number of hydroxylamine groups is 2. The summed E-state index contributed by atoms with van der Waals surface area (Å²) in [6.07, 6.45) is -2.13. The van der Waals surface area contributed by atoms with Crippen molar-refractivity contribution in [3.05, 3.63) is 108 Å². The number of aliphatic hydroxyl groups excluding tert-OH is 1. The number of fused-ring (bicyclic) bond motifs is 1. The third-order valence-electron chi connectivity index (χ3n) is 6.94. The molecule has 0 bridgehead atoms. The van der Waals surface area contributed by atoms with E-state index in [2.05, 4.69) is 12.1 Å². The summed E-state index contributed by atoms with van der Waals surface area (Å²) in [4.78, 5) is 5.86. The van der Waals surface area contributed by atoms with Gasteiger partial charge in [0.2, 0.25) is 0 Å². The molecule has 0 radical (unpaired) electrons. The quantitative estimate of drug-likeness (QED) is 0.505. The lowest BCUT2D eigenvalue weighted by Crippen LogP contribution is -2.64. The van der Waals surface area contributed by atoms with Crippen LogP contribution in [0.25, 0.3) is 0 Å². The van der Waals surface area contributed by atoms with E-state index >= 15 is 0 Å². The van der Waals surface area contributed by atoms with Crippen molar-refractivity contribution in [2.24, 2.45) is 5.92 Å². The van der Waals surface area contributed by atoms with Gasteiger partial charge < -0.3 is 19.3 Å². The Labute approximate surface area is 207 Å². The highest BCUT2D eigenvalue weighted by atomic mass is 16.7. The van der Waals surface area contributed by atoms with E-state index in [1.807, 2.05) is 85.9 Å². The van der Waals surface area contributed by atoms with Crippen LogP contribution in [0.1, 0.15) is 16.7 Å². The van der Waals surface area contributed by atoms with Crippen molar-refractivity contribution in [2.75, 3.05) is 13.7 Å². The average molecular weight is 476 g/mol. The molecule has 3 aromatic rings. The van der Waals surface area contributed by atoms with E-state index < -0.39 is 18.3 Å². The van der Waals surface area contributed by atoms with Crippen molar-refractivity contribution in [1.29, 1.82) is 0 Å². The fourth-order valence-corrected chi connectivity index (χ4v) is 5.14. The summed E-state index contributed by atoms with van der Waals surface area (Å²) in [5.74, 6) is -0.0453. The Morgan fingerprint density at radius 1 is 0.686 bits per heavy atom. The van der Waals surface area contributed by atoms with Crippen LogP contribution in [0, 0.1) is 5.92 Å². The molecule has 6 heteroatoms. The number of hydrogen-bond donors (Lipinski definition) is 1. The fourth-order valence-electron chi connectivity index (χ4n) is 5.14. The molecule has 1 heterocycles. The lowest BCUT2D eigenvalue weighted by Gasteiger charge is -2.46. The van der Waals surface area contributed by atoms with E-state index in [0.29, 0.717) is 26.4 Å². The Balaban J connectivity index is 1.41. The second kappa shape index (κ2) is 11.4. The Bertz CT molecular complexity index is 1030. The summed E-state index contributed by atoms with van der Waals surface area (Å²) in [6, 6.07) is 29.9. The summed E-state index contributed by atoms with van der Waals surface area (Å²) < 4.78 is 19.4. The van der Waals surface area contributed by atoms with Crippen molar-refractivity contribution in [2.45, 2.75) is 50.3 Å². The normalized spacial score (nSPS) is 28.6. The zero-order chi connectivity index (χ0) is 24.0. The number of benzene rings is 3. The van der Waals surface area contributed by atoms with Crippen molar-refractivity contribution in [3.63, 3.8) is 0 Å². The predicted molar refractivity (Wildman–Crippen MR) is 132 cm³/mol. The minimum Gasteiger partial charge on any atom is -0.389 e. The molecule has 184 valence electrons. The van der Waals surface area contributed by atoms with Crippen LogP contribution in [0.5, 0.6) is 0 Å². The first-order valence-electron chi connectivity index (χ1n) is 12.2. The number of ether oxygens (including phenoxy) is 3. The maximum Gasteiger partial charge on any atom is 0.114 e. The Kier molecular flexibility index (Phi) is 7.88. The topological polar surface area (TPSA) is 60.4 Å². The molecule has 35 heavy (non-hydrogen) atoms. The van der Waals surface area contributed by atoms with Gasteiger partial charge >= 0.3 is 0 Å². The minimum atomic E-state index is -0.784. The van der Waals surface area contributed by atoms with Crippen molar-refractivity contribution >= 4 is 0 Å². The number of aliphatic hydroxyl groups is 1. The molecule has 0 aromatic heterocycles. The van der Waals surface area contributed by atoms with Gasteiger partial charge in [-0.05, 0) is 16.7 Å². The maximum absolute atomic E-state index is 11.5. The number of nitrogens with zero attached hydrogens (tertiary/aromatic N) is 1. The first kappa shape index (κ1) is 24.1. The second-order valence-electron chi connectivity index (χ2n) is 9.27. The Hall–Kier alpha value is -2.58. The molecule has 0 amide bonds. The molecule has 6 nitrogen and oxygen atoms in total. The summed E-state index contributed by atoms with van der Waals surface area (Å²) >= 11 is 0. The Morgan fingerprint density at radius 2 is 1.11 bits per heavy atom. The summed E-state index contributed by atoms with van der Waals surface area (Å²) in [5, 5.41) is 13.2. The van der Waals surface area contributed by atoms with Crippen LogP contribution in [-0.4, -0.2) is 54.3 Å². The number of likely N-dealkylation sites (N-methyl/N-ethyl adjacent to an activating group) is 1. The molecule has 1 saturated carbocycles. The largest absolute Gasteiger partial charge is 0.389 e. The number of hydrogen-bond acceptors (Lipinski definition) is 6. The lowest BCUT2D eigenvalue weighted by atomic mass is 9.77. The van der Waals surface area contributed by atoms with Gasteiger partial charge in [0.05, 0.1) is 38.6 Å². The average Bonchev–Trinajstić information content (AvgIpc) is 3.30. The molecule has 2 fully saturated rings. The monoisotopic (exact) mass is 475 g/mol. The minimum absolute atomic E-state index is 0.0453. The van der Waals surface area contributed by atoms with Crippen LogP contribution in [0.2, 0.25) is 0 Å². The third kappa shape index (κ3) is 5.64. The molecule has 1 N–H and O–H groups in total. The molecule has 5 rings (SSSR count). The molecular weight excluding hydrogens is 442 g/mol. The standard InChI is InChI=1S/C29H33NO5/c1-30-25-24(20-35-30)27(32-17-21-11-5-2-6-12-21)29(34-19-23-15-9-4-10-16-23)28(26(25)31)33-18-22-13-7-3-8-14-22/h2-16,24-29,31H,17-20H2,1H3/t24-,25-,26+,27+,28-,29-/m1/s1. The zero-order valence-corrected chi connectivity index (χ0v) is 20.0. The van der Waals surface area contributed by atoms with E-state index in [-0.39, 0.29) is 18.1 Å².